The number of hydrogen-bond acceptors (Lipinski definition) is 1. The van der Waals surface area contributed by atoms with Crippen molar-refractivity contribution >= 4 is 21.4 Å². The Morgan fingerprint density at radius 1 is 1.23 bits per heavy atom. The topological polar surface area (TPSA) is 0 Å². The Hall–Kier alpha value is -0.820. The molecule has 2 aromatic rings. The van der Waals surface area contributed by atoms with E-state index in [0.29, 0.717) is 0 Å². The summed E-state index contributed by atoms with van der Waals surface area (Å²) in [4.78, 5) is 0. The van der Waals surface area contributed by atoms with Crippen molar-refractivity contribution < 1.29 is 0 Å². The van der Waals surface area contributed by atoms with Gasteiger partial charge in [-0.3, -0.25) is 0 Å². The molecular weight excluding hydrogens is 176 g/mol. The van der Waals surface area contributed by atoms with E-state index in [1.807, 2.05) is 11.3 Å². The average Bonchev–Trinajstić information content (AvgIpc) is 2.61. The van der Waals surface area contributed by atoms with E-state index in [2.05, 4.69) is 36.6 Å². The predicted octanol–water partition coefficient (Wildman–Crippen LogP) is 4.24. The highest BCUT2D eigenvalue weighted by atomic mass is 32.1. The average molecular weight is 190 g/mol. The Bertz CT molecular complexity index is 387. The molecule has 1 aromatic carbocycles. The largest absolute Gasteiger partial charge is 0.144 e. The number of benzene rings is 1. The van der Waals surface area contributed by atoms with Crippen molar-refractivity contribution in [3.05, 3.63) is 35.2 Å². The summed E-state index contributed by atoms with van der Waals surface area (Å²) in [5.41, 5.74) is 1.48. The third-order valence-corrected chi connectivity index (χ3v) is 3.23. The van der Waals surface area contributed by atoms with Crippen LogP contribution < -0.4 is 0 Å². The highest BCUT2D eigenvalue weighted by Crippen LogP contribution is 2.22. The minimum atomic E-state index is 1.22. The van der Waals surface area contributed by atoms with Gasteiger partial charge < -0.3 is 0 Å². The zero-order valence-corrected chi connectivity index (χ0v) is 8.73. The molecule has 0 amide bonds. The third-order valence-electron chi connectivity index (χ3n) is 2.34. The summed E-state index contributed by atoms with van der Waals surface area (Å²) in [5, 5.41) is 3.56. The van der Waals surface area contributed by atoms with E-state index in [4.69, 9.17) is 0 Å². The first-order valence-electron chi connectivity index (χ1n) is 4.86. The highest BCUT2D eigenvalue weighted by Gasteiger charge is 1.96. The lowest BCUT2D eigenvalue weighted by Gasteiger charge is -1.99. The van der Waals surface area contributed by atoms with E-state index in [0.717, 1.165) is 0 Å². The molecule has 0 aliphatic heterocycles. The molecule has 0 radical (unpaired) electrons. The number of rotatable bonds is 3. The van der Waals surface area contributed by atoms with Crippen LogP contribution in [0.2, 0.25) is 0 Å². The van der Waals surface area contributed by atoms with Crippen LogP contribution in [0.25, 0.3) is 10.1 Å². The van der Waals surface area contributed by atoms with E-state index in [-0.39, 0.29) is 0 Å². The van der Waals surface area contributed by atoms with Crippen LogP contribution in [-0.2, 0) is 6.42 Å². The summed E-state index contributed by atoms with van der Waals surface area (Å²) in [6.45, 7) is 2.24. The van der Waals surface area contributed by atoms with Gasteiger partial charge in [-0.05, 0) is 41.3 Å². The van der Waals surface area contributed by atoms with E-state index in [9.17, 15) is 0 Å². The maximum atomic E-state index is 2.32. The lowest BCUT2D eigenvalue weighted by molar-refractivity contribution is 0.796. The number of unbranched alkanes of at least 4 members (excludes halogenated alkanes) is 1. The number of fused-ring (bicyclic) bond motifs is 1. The normalized spacial score (nSPS) is 10.8. The number of thiophene rings is 1. The van der Waals surface area contributed by atoms with E-state index in [1.165, 1.54) is 34.9 Å². The Morgan fingerprint density at radius 2 is 2.15 bits per heavy atom. The van der Waals surface area contributed by atoms with E-state index in [1.54, 1.807) is 0 Å². The van der Waals surface area contributed by atoms with Crippen molar-refractivity contribution in [1.29, 1.82) is 0 Å². The molecular formula is C12H14S. The molecule has 0 aliphatic carbocycles. The van der Waals surface area contributed by atoms with Gasteiger partial charge in [0.25, 0.3) is 0 Å². The lowest BCUT2D eigenvalue weighted by atomic mass is 10.1. The predicted molar refractivity (Wildman–Crippen MR) is 60.4 cm³/mol. The van der Waals surface area contributed by atoms with Crippen molar-refractivity contribution in [2.45, 2.75) is 26.2 Å². The van der Waals surface area contributed by atoms with Gasteiger partial charge in [-0.25, -0.2) is 0 Å². The second-order valence-electron chi connectivity index (χ2n) is 3.40. The van der Waals surface area contributed by atoms with Gasteiger partial charge in [0.2, 0.25) is 0 Å². The quantitative estimate of drug-likeness (QED) is 0.679. The summed E-state index contributed by atoms with van der Waals surface area (Å²) >= 11 is 1.82. The Morgan fingerprint density at radius 3 is 3.00 bits per heavy atom. The Kier molecular flexibility index (Phi) is 2.65. The van der Waals surface area contributed by atoms with Gasteiger partial charge in [0.15, 0.2) is 0 Å². The zero-order valence-electron chi connectivity index (χ0n) is 7.92. The smallest absolute Gasteiger partial charge is 0.0342 e. The first kappa shape index (κ1) is 8.76. The van der Waals surface area contributed by atoms with Crippen molar-refractivity contribution in [2.24, 2.45) is 0 Å². The maximum absolute atomic E-state index is 2.32. The van der Waals surface area contributed by atoms with Crippen LogP contribution in [0.3, 0.4) is 0 Å². The summed E-state index contributed by atoms with van der Waals surface area (Å²) in [5.74, 6) is 0. The van der Waals surface area contributed by atoms with Crippen LogP contribution in [-0.4, -0.2) is 0 Å². The zero-order chi connectivity index (χ0) is 9.10. The van der Waals surface area contributed by atoms with Gasteiger partial charge in [-0.1, -0.05) is 25.5 Å². The summed E-state index contributed by atoms with van der Waals surface area (Å²) in [6, 6.07) is 9.02. The highest BCUT2D eigenvalue weighted by molar-refractivity contribution is 7.17. The standard InChI is InChI=1S/C12H14S/c1-2-3-4-10-5-6-12-11(9-10)7-8-13-12/h5-9H,2-4H2,1H3. The molecule has 0 nitrogen and oxygen atoms in total. The van der Waals surface area contributed by atoms with Gasteiger partial charge in [0.05, 0.1) is 0 Å². The molecule has 0 atom stereocenters. The minimum Gasteiger partial charge on any atom is -0.144 e. The molecule has 1 heteroatoms. The number of aryl methyl sites for hydroxylation is 1. The maximum Gasteiger partial charge on any atom is 0.0342 e. The summed E-state index contributed by atoms with van der Waals surface area (Å²) < 4.78 is 1.40. The minimum absolute atomic E-state index is 1.22. The molecule has 0 spiro atoms. The SMILES string of the molecule is CCCCc1ccc2sccc2c1. The Balaban J connectivity index is 2.26. The molecule has 1 aromatic heterocycles. The van der Waals surface area contributed by atoms with Crippen LogP contribution in [0, 0.1) is 0 Å². The number of hydrogen-bond donors (Lipinski definition) is 0. The van der Waals surface area contributed by atoms with Crippen molar-refractivity contribution in [3.8, 4) is 0 Å². The van der Waals surface area contributed by atoms with Crippen LogP contribution in [0.5, 0.6) is 0 Å². The van der Waals surface area contributed by atoms with Crippen LogP contribution in [0.15, 0.2) is 29.6 Å². The molecule has 0 fully saturated rings. The van der Waals surface area contributed by atoms with Gasteiger partial charge in [-0.15, -0.1) is 11.3 Å². The Labute approximate surface area is 83.2 Å². The molecule has 13 heavy (non-hydrogen) atoms. The first-order valence-corrected chi connectivity index (χ1v) is 5.74. The molecule has 0 aliphatic rings. The second kappa shape index (κ2) is 3.93. The van der Waals surface area contributed by atoms with E-state index >= 15 is 0 Å². The molecule has 0 N–H and O–H groups in total. The fourth-order valence-electron chi connectivity index (χ4n) is 1.55. The van der Waals surface area contributed by atoms with Crippen molar-refractivity contribution in [3.63, 3.8) is 0 Å². The molecule has 1 heterocycles. The van der Waals surface area contributed by atoms with Crippen LogP contribution in [0.4, 0.5) is 0 Å². The fourth-order valence-corrected chi connectivity index (χ4v) is 2.32. The van der Waals surface area contributed by atoms with Gasteiger partial charge in [0.1, 0.15) is 0 Å². The van der Waals surface area contributed by atoms with Crippen molar-refractivity contribution in [1.82, 2.24) is 0 Å². The first-order chi connectivity index (χ1) is 6.40. The summed E-state index contributed by atoms with van der Waals surface area (Å²) in [7, 11) is 0. The van der Waals surface area contributed by atoms with Crippen LogP contribution >= 0.6 is 11.3 Å². The molecule has 0 saturated heterocycles. The second-order valence-corrected chi connectivity index (χ2v) is 4.34. The van der Waals surface area contributed by atoms with Gasteiger partial charge in [0, 0.05) is 4.70 Å². The molecule has 0 saturated carbocycles. The molecule has 0 unspecified atom stereocenters. The third kappa shape index (κ3) is 1.92. The van der Waals surface area contributed by atoms with Gasteiger partial charge >= 0.3 is 0 Å². The van der Waals surface area contributed by atoms with Gasteiger partial charge in [-0.2, -0.15) is 0 Å². The lowest BCUT2D eigenvalue weighted by Crippen LogP contribution is -1.82. The summed E-state index contributed by atoms with van der Waals surface area (Å²) in [6.07, 6.45) is 3.81. The molecule has 68 valence electrons. The molecule has 2 rings (SSSR count). The van der Waals surface area contributed by atoms with E-state index < -0.39 is 0 Å². The monoisotopic (exact) mass is 190 g/mol. The fraction of sp³-hybridized carbons (Fsp3) is 0.333. The molecule has 0 bridgehead atoms. The van der Waals surface area contributed by atoms with Crippen molar-refractivity contribution in [2.75, 3.05) is 0 Å². The van der Waals surface area contributed by atoms with Crippen LogP contribution in [0.1, 0.15) is 25.3 Å².